The molecule has 6 aromatic carbocycles. The highest BCUT2D eigenvalue weighted by Gasteiger charge is 2.49. The van der Waals surface area contributed by atoms with Gasteiger partial charge in [-0.3, -0.25) is 0 Å². The van der Waals surface area contributed by atoms with E-state index in [1.165, 1.54) is 94.3 Å². The van der Waals surface area contributed by atoms with Gasteiger partial charge < -0.3 is 4.57 Å². The lowest BCUT2D eigenvalue weighted by Gasteiger charge is -2.28. The van der Waals surface area contributed by atoms with Gasteiger partial charge in [-0.2, -0.15) is 0 Å². The zero-order chi connectivity index (χ0) is 34.2. The van der Waals surface area contributed by atoms with E-state index in [4.69, 9.17) is 0 Å². The summed E-state index contributed by atoms with van der Waals surface area (Å²) in [5.74, 6) is 0. The Balaban J connectivity index is 0.993. The quantitative estimate of drug-likeness (QED) is 0.169. The average Bonchev–Trinajstić information content (AvgIpc) is 3.75. The van der Waals surface area contributed by atoms with Crippen LogP contribution in [0.2, 0.25) is 0 Å². The van der Waals surface area contributed by atoms with Crippen molar-refractivity contribution in [2.45, 2.75) is 57.8 Å². The Morgan fingerprint density at radius 2 is 0.860 bits per heavy atom. The summed E-state index contributed by atoms with van der Waals surface area (Å²) in [7, 11) is 0. The molecular formula is C49H41N. The van der Waals surface area contributed by atoms with Crippen LogP contribution in [0.4, 0.5) is 0 Å². The van der Waals surface area contributed by atoms with Crippen LogP contribution in [0.5, 0.6) is 0 Å². The van der Waals surface area contributed by atoms with E-state index in [2.05, 4.69) is 186 Å². The highest BCUT2D eigenvalue weighted by atomic mass is 15.0. The van der Waals surface area contributed by atoms with E-state index in [-0.39, 0.29) is 16.2 Å². The third-order valence-electron chi connectivity index (χ3n) is 12.3. The zero-order valence-corrected chi connectivity index (χ0v) is 29.7. The van der Waals surface area contributed by atoms with Crippen molar-refractivity contribution in [3.63, 3.8) is 0 Å². The van der Waals surface area contributed by atoms with Gasteiger partial charge in [0.1, 0.15) is 0 Å². The summed E-state index contributed by atoms with van der Waals surface area (Å²) < 4.78 is 2.43. The molecule has 50 heavy (non-hydrogen) atoms. The fraction of sp³-hybridized carbons (Fsp3) is 0.184. The van der Waals surface area contributed by atoms with Gasteiger partial charge in [0.15, 0.2) is 0 Å². The predicted molar refractivity (Wildman–Crippen MR) is 213 cm³/mol. The van der Waals surface area contributed by atoms with Gasteiger partial charge in [-0.1, -0.05) is 157 Å². The summed E-state index contributed by atoms with van der Waals surface area (Å²) in [6.45, 7) is 14.4. The number of aromatic nitrogens is 1. The Morgan fingerprint density at radius 3 is 1.50 bits per heavy atom. The molecule has 7 aromatic rings. The van der Waals surface area contributed by atoms with Gasteiger partial charge in [-0.15, -0.1) is 0 Å². The first kappa shape index (κ1) is 29.5. The van der Waals surface area contributed by atoms with Crippen LogP contribution in [-0.2, 0) is 16.2 Å². The van der Waals surface area contributed by atoms with E-state index >= 15 is 0 Å². The highest BCUT2D eigenvalue weighted by molar-refractivity contribution is 6.10. The lowest BCUT2D eigenvalue weighted by molar-refractivity contribution is 0.659. The fourth-order valence-electron chi connectivity index (χ4n) is 9.86. The second-order valence-corrected chi connectivity index (χ2v) is 16.2. The van der Waals surface area contributed by atoms with Crippen molar-refractivity contribution in [1.82, 2.24) is 4.57 Å². The molecule has 0 atom stereocenters. The molecule has 1 aromatic heterocycles. The lowest BCUT2D eigenvalue weighted by atomic mass is 9.75. The number of fused-ring (bicyclic) bond motifs is 10. The van der Waals surface area contributed by atoms with Crippen LogP contribution >= 0.6 is 0 Å². The minimum absolute atomic E-state index is 0.00478. The van der Waals surface area contributed by atoms with E-state index in [0.29, 0.717) is 0 Å². The molecule has 1 heteroatoms. The maximum absolute atomic E-state index is 2.44. The largest absolute Gasteiger partial charge is 0.309 e. The number of nitrogens with zero attached hydrogens (tertiary/aromatic N) is 1. The Bertz CT molecular complexity index is 2610. The summed E-state index contributed by atoms with van der Waals surface area (Å²) in [6, 6.07) is 47.8. The molecule has 0 spiro atoms. The van der Waals surface area contributed by atoms with Crippen LogP contribution in [-0.4, -0.2) is 4.57 Å². The number of rotatable bonds is 3. The van der Waals surface area contributed by atoms with Gasteiger partial charge in [0.25, 0.3) is 0 Å². The van der Waals surface area contributed by atoms with Crippen molar-refractivity contribution in [2.24, 2.45) is 0 Å². The third-order valence-corrected chi connectivity index (χ3v) is 12.3. The minimum atomic E-state index is -0.115. The van der Waals surface area contributed by atoms with Gasteiger partial charge >= 0.3 is 0 Å². The number of allylic oxidation sites excluding steroid dienone is 2. The Labute approximate surface area is 295 Å². The Morgan fingerprint density at radius 1 is 0.400 bits per heavy atom. The molecule has 1 nitrogen and oxygen atoms in total. The fourth-order valence-corrected chi connectivity index (χ4v) is 9.86. The first-order valence-corrected chi connectivity index (χ1v) is 18.0. The van der Waals surface area contributed by atoms with Crippen molar-refractivity contribution < 1.29 is 0 Å². The van der Waals surface area contributed by atoms with Gasteiger partial charge in [0, 0.05) is 32.7 Å². The third kappa shape index (κ3) is 3.78. The standard InChI is InChI=1S/C49H41N/c1-47(2)40-27-30(19-20-31-22-25-38-41(28-31)49(5,6)45-37-15-7-10-16-39(37)48(3,4)46(38)45)21-24-33(40)34-26-23-32(29-42(34)47)50-43-17-11-8-13-35(43)36-14-9-12-18-44(36)50/h7-29H,1-6H3. The lowest BCUT2D eigenvalue weighted by Crippen LogP contribution is -2.19. The molecule has 0 N–H and O–H groups in total. The SMILES string of the molecule is CC1(C)C2=C(c3ccccc31)C(C)(C)c1cc(C=Cc3ccc4c(c3)C(C)(C)c3cc(-n5c6ccccc6c6ccccc65)ccc3-4)ccc12. The van der Waals surface area contributed by atoms with Crippen molar-refractivity contribution in [1.29, 1.82) is 0 Å². The Kier molecular flexibility index (Phi) is 5.82. The van der Waals surface area contributed by atoms with Crippen molar-refractivity contribution in [3.05, 3.63) is 172 Å². The van der Waals surface area contributed by atoms with Gasteiger partial charge in [-0.05, 0) is 91.0 Å². The number of para-hydroxylation sites is 2. The average molecular weight is 644 g/mol. The summed E-state index contributed by atoms with van der Waals surface area (Å²) >= 11 is 0. The minimum Gasteiger partial charge on any atom is -0.309 e. The molecule has 0 amide bonds. The predicted octanol–water partition coefficient (Wildman–Crippen LogP) is 12.8. The van der Waals surface area contributed by atoms with Crippen molar-refractivity contribution in [3.8, 4) is 16.8 Å². The molecule has 0 radical (unpaired) electrons. The maximum Gasteiger partial charge on any atom is 0.0541 e. The summed E-state index contributed by atoms with van der Waals surface area (Å²) in [4.78, 5) is 0. The molecule has 242 valence electrons. The molecule has 0 aliphatic heterocycles. The van der Waals surface area contributed by atoms with Crippen LogP contribution < -0.4 is 0 Å². The van der Waals surface area contributed by atoms with E-state index in [0.717, 1.165) is 0 Å². The van der Waals surface area contributed by atoms with E-state index in [9.17, 15) is 0 Å². The second-order valence-electron chi connectivity index (χ2n) is 16.2. The monoisotopic (exact) mass is 643 g/mol. The smallest absolute Gasteiger partial charge is 0.0541 e. The summed E-state index contributed by atoms with van der Waals surface area (Å²) in [6.07, 6.45) is 4.60. The van der Waals surface area contributed by atoms with Crippen molar-refractivity contribution in [2.75, 3.05) is 0 Å². The molecule has 0 saturated heterocycles. The number of benzene rings is 6. The first-order valence-electron chi connectivity index (χ1n) is 18.0. The van der Waals surface area contributed by atoms with E-state index < -0.39 is 0 Å². The molecule has 0 fully saturated rings. The van der Waals surface area contributed by atoms with Crippen LogP contribution in [0.1, 0.15) is 86.1 Å². The molecular weight excluding hydrogens is 603 g/mol. The maximum atomic E-state index is 2.44. The first-order chi connectivity index (χ1) is 24.1. The molecule has 10 rings (SSSR count). The van der Waals surface area contributed by atoms with Gasteiger partial charge in [0.05, 0.1) is 11.0 Å². The highest BCUT2D eigenvalue weighted by Crippen LogP contribution is 2.62. The van der Waals surface area contributed by atoms with Gasteiger partial charge in [0.2, 0.25) is 0 Å². The van der Waals surface area contributed by atoms with Crippen LogP contribution in [0.25, 0.3) is 61.9 Å². The number of hydrogen-bond donors (Lipinski definition) is 0. The number of hydrogen-bond acceptors (Lipinski definition) is 0. The topological polar surface area (TPSA) is 4.93 Å². The van der Waals surface area contributed by atoms with Gasteiger partial charge in [-0.25, -0.2) is 0 Å². The molecule has 3 aliphatic carbocycles. The molecule has 1 heterocycles. The summed E-state index contributed by atoms with van der Waals surface area (Å²) in [5.41, 5.74) is 20.3. The molecule has 0 unspecified atom stereocenters. The molecule has 3 aliphatic rings. The van der Waals surface area contributed by atoms with Crippen LogP contribution in [0, 0.1) is 0 Å². The Hall–Kier alpha value is -5.40. The normalized spacial score (nSPS) is 17.3. The second kappa shape index (κ2) is 9.86. The van der Waals surface area contributed by atoms with E-state index in [1.807, 2.05) is 0 Å². The molecule has 0 saturated carbocycles. The summed E-state index contributed by atoms with van der Waals surface area (Å²) in [5, 5.41) is 2.59. The zero-order valence-electron chi connectivity index (χ0n) is 29.7. The van der Waals surface area contributed by atoms with Crippen LogP contribution in [0.3, 0.4) is 0 Å². The van der Waals surface area contributed by atoms with E-state index in [1.54, 1.807) is 0 Å². The van der Waals surface area contributed by atoms with Crippen LogP contribution in [0.15, 0.2) is 127 Å². The van der Waals surface area contributed by atoms with Crippen molar-refractivity contribution >= 4 is 45.1 Å². The molecule has 0 bridgehead atoms.